The minimum atomic E-state index is -0.679. The number of nitrogens with zero attached hydrogens (tertiary/aromatic N) is 1. The minimum absolute atomic E-state index is 0.121. The molecule has 132 valence electrons. The fourth-order valence-corrected chi connectivity index (χ4v) is 4.92. The topological polar surface area (TPSA) is 84.0 Å². The number of nitrogens with one attached hydrogen (secondary N) is 2. The molecule has 1 aliphatic heterocycles. The number of H-pyrrole nitrogens is 1. The first-order valence-electron chi connectivity index (χ1n) is 7.99. The summed E-state index contributed by atoms with van der Waals surface area (Å²) in [6.45, 7) is 0. The molecule has 1 aliphatic rings. The van der Waals surface area contributed by atoms with Crippen LogP contribution < -0.4 is 16.4 Å². The van der Waals surface area contributed by atoms with Crippen LogP contribution in [0, 0.1) is 0 Å². The smallest absolute Gasteiger partial charge is 0.317 e. The van der Waals surface area contributed by atoms with Crippen LogP contribution in [0.5, 0.6) is 0 Å². The highest BCUT2D eigenvalue weighted by molar-refractivity contribution is 9.10. The molecule has 1 amide bonds. The maximum absolute atomic E-state index is 12.5. The van der Waals surface area contributed by atoms with Gasteiger partial charge in [0.1, 0.15) is 0 Å². The average Bonchev–Trinajstić information content (AvgIpc) is 2.61. The summed E-state index contributed by atoms with van der Waals surface area (Å²) < 4.78 is 2.30. The zero-order chi connectivity index (χ0) is 18.3. The van der Waals surface area contributed by atoms with E-state index in [4.69, 9.17) is 0 Å². The second kappa shape index (κ2) is 6.77. The maximum atomic E-state index is 12.5. The zero-order valence-electron chi connectivity index (χ0n) is 13.5. The Balaban J connectivity index is 1.73. The van der Waals surface area contributed by atoms with Gasteiger partial charge in [-0.05, 0) is 24.3 Å². The van der Waals surface area contributed by atoms with Gasteiger partial charge in [0.15, 0.2) is 0 Å². The predicted molar refractivity (Wildman–Crippen MR) is 106 cm³/mol. The molecule has 1 atom stereocenters. The van der Waals surface area contributed by atoms with Gasteiger partial charge in [-0.1, -0.05) is 34.1 Å². The van der Waals surface area contributed by atoms with E-state index in [0.717, 1.165) is 9.37 Å². The molecule has 1 aromatic heterocycles. The van der Waals surface area contributed by atoms with E-state index in [1.54, 1.807) is 30.0 Å². The molecule has 0 spiro atoms. The first-order valence-corrected chi connectivity index (χ1v) is 9.76. The third-order valence-corrected chi connectivity index (χ3v) is 5.85. The fourth-order valence-electron chi connectivity index (χ4n) is 3.12. The molecule has 2 N–H and O–H groups in total. The molecular formula is C18H14BrN3O3S. The summed E-state index contributed by atoms with van der Waals surface area (Å²) in [7, 11) is 0. The van der Waals surface area contributed by atoms with Crippen LogP contribution in [0.2, 0.25) is 0 Å². The number of anilines is 1. The Morgan fingerprint density at radius 3 is 2.81 bits per heavy atom. The van der Waals surface area contributed by atoms with Crippen LogP contribution in [-0.2, 0) is 4.79 Å². The highest BCUT2D eigenvalue weighted by Gasteiger charge is 2.27. The third kappa shape index (κ3) is 3.10. The monoisotopic (exact) mass is 431 g/mol. The molecule has 0 aliphatic carbocycles. The van der Waals surface area contributed by atoms with E-state index in [9.17, 15) is 14.4 Å². The summed E-state index contributed by atoms with van der Waals surface area (Å²) >= 11 is 5.00. The fraction of sp³-hybridized carbons (Fsp3) is 0.167. The number of hydrogen-bond donors (Lipinski definition) is 2. The molecule has 6 nitrogen and oxygen atoms in total. The van der Waals surface area contributed by atoms with Gasteiger partial charge in [-0.25, -0.2) is 0 Å². The first kappa shape index (κ1) is 17.1. The van der Waals surface area contributed by atoms with Crippen LogP contribution in [0.15, 0.2) is 61.4 Å². The Bertz CT molecular complexity index is 1120. The van der Waals surface area contributed by atoms with E-state index in [1.807, 2.05) is 24.3 Å². The van der Waals surface area contributed by atoms with Gasteiger partial charge in [-0.3, -0.25) is 19.0 Å². The third-order valence-electron chi connectivity index (χ3n) is 4.22. The summed E-state index contributed by atoms with van der Waals surface area (Å²) in [5, 5.41) is 2.83. The Morgan fingerprint density at radius 2 is 2.04 bits per heavy atom. The quantitative estimate of drug-likeness (QED) is 0.623. The van der Waals surface area contributed by atoms with Gasteiger partial charge < -0.3 is 10.3 Å². The molecule has 4 rings (SSSR count). The van der Waals surface area contributed by atoms with Crippen molar-refractivity contribution in [3.63, 3.8) is 0 Å². The van der Waals surface area contributed by atoms with Crippen molar-refractivity contribution in [2.45, 2.75) is 17.4 Å². The number of amides is 1. The van der Waals surface area contributed by atoms with Crippen LogP contribution >= 0.6 is 27.7 Å². The molecule has 2 heterocycles. The van der Waals surface area contributed by atoms with Crippen molar-refractivity contribution in [1.82, 2.24) is 9.55 Å². The molecule has 0 saturated carbocycles. The van der Waals surface area contributed by atoms with Crippen molar-refractivity contribution in [3.05, 3.63) is 67.6 Å². The van der Waals surface area contributed by atoms with Crippen LogP contribution in [0.25, 0.3) is 11.0 Å². The van der Waals surface area contributed by atoms with Gasteiger partial charge in [0.2, 0.25) is 5.91 Å². The lowest BCUT2D eigenvalue weighted by Gasteiger charge is -2.26. The number of thioether (sulfide) groups is 1. The largest absolute Gasteiger partial charge is 0.326 e. The van der Waals surface area contributed by atoms with E-state index in [-0.39, 0.29) is 18.4 Å². The molecular weight excluding hydrogens is 418 g/mol. The first-order chi connectivity index (χ1) is 12.5. The molecule has 3 aromatic rings. The lowest BCUT2D eigenvalue weighted by Crippen LogP contribution is -2.41. The average molecular weight is 432 g/mol. The Hall–Kier alpha value is -2.32. The summed E-state index contributed by atoms with van der Waals surface area (Å²) in [6, 6.07) is 12.5. The summed E-state index contributed by atoms with van der Waals surface area (Å²) in [6.07, 6.45) is 0.121. The van der Waals surface area contributed by atoms with Gasteiger partial charge in [0, 0.05) is 27.2 Å². The molecule has 0 radical (unpaired) electrons. The van der Waals surface area contributed by atoms with Gasteiger partial charge in [0.05, 0.1) is 17.1 Å². The van der Waals surface area contributed by atoms with Crippen molar-refractivity contribution < 1.29 is 4.79 Å². The maximum Gasteiger partial charge on any atom is 0.317 e. The van der Waals surface area contributed by atoms with E-state index in [2.05, 4.69) is 26.2 Å². The van der Waals surface area contributed by atoms with Crippen LogP contribution in [0.1, 0.15) is 12.5 Å². The number of rotatable bonds is 3. The summed E-state index contributed by atoms with van der Waals surface area (Å²) in [5.41, 5.74) is 0.653. The highest BCUT2D eigenvalue weighted by Crippen LogP contribution is 2.37. The predicted octanol–water partition coefficient (Wildman–Crippen LogP) is 3.13. The number of carbonyl (C=O) groups is 1. The number of halogens is 1. The molecule has 0 fully saturated rings. The van der Waals surface area contributed by atoms with Gasteiger partial charge in [0.25, 0.3) is 0 Å². The van der Waals surface area contributed by atoms with Crippen molar-refractivity contribution in [2.75, 3.05) is 11.1 Å². The normalized spacial score (nSPS) is 15.8. The van der Waals surface area contributed by atoms with Gasteiger partial charge in [-0.15, -0.1) is 11.8 Å². The van der Waals surface area contributed by atoms with E-state index in [0.29, 0.717) is 22.5 Å². The van der Waals surface area contributed by atoms with Crippen LogP contribution in [0.4, 0.5) is 5.69 Å². The van der Waals surface area contributed by atoms with Gasteiger partial charge in [-0.2, -0.15) is 0 Å². The van der Waals surface area contributed by atoms with Crippen LogP contribution in [-0.4, -0.2) is 21.2 Å². The number of aromatic nitrogens is 2. The van der Waals surface area contributed by atoms with Gasteiger partial charge >= 0.3 is 11.1 Å². The Morgan fingerprint density at radius 1 is 1.27 bits per heavy atom. The Kier molecular flexibility index (Phi) is 4.46. The van der Waals surface area contributed by atoms with E-state index >= 15 is 0 Å². The number of aromatic amines is 1. The van der Waals surface area contributed by atoms with Crippen molar-refractivity contribution in [1.29, 1.82) is 0 Å². The summed E-state index contributed by atoms with van der Waals surface area (Å²) in [4.78, 5) is 40.5. The standard InChI is InChI=1S/C18H14BrN3O3S/c19-10-6-13-16-14(7-10)26-9-12(22(16)18(25)17(24)21-13)8-15(23)20-11-4-2-1-3-5-11/h1-7,12H,8-9H2,(H,20,23)(H,21,24)/t12-/m1/s1. The molecule has 2 aromatic carbocycles. The molecule has 0 saturated heterocycles. The van der Waals surface area contributed by atoms with E-state index < -0.39 is 11.1 Å². The van der Waals surface area contributed by atoms with Crippen molar-refractivity contribution >= 4 is 50.3 Å². The number of benzene rings is 2. The molecule has 0 unspecified atom stereocenters. The number of hydrogen-bond acceptors (Lipinski definition) is 4. The Labute approximate surface area is 160 Å². The van der Waals surface area contributed by atoms with Crippen molar-refractivity contribution in [3.8, 4) is 0 Å². The number of para-hydroxylation sites is 1. The molecule has 0 bridgehead atoms. The highest BCUT2D eigenvalue weighted by atomic mass is 79.9. The molecule has 8 heteroatoms. The second-order valence-electron chi connectivity index (χ2n) is 6.01. The summed E-state index contributed by atoms with van der Waals surface area (Å²) in [5.74, 6) is 0.354. The van der Waals surface area contributed by atoms with Crippen molar-refractivity contribution in [2.24, 2.45) is 0 Å². The lowest BCUT2D eigenvalue weighted by molar-refractivity contribution is -0.116. The lowest BCUT2D eigenvalue weighted by atomic mass is 10.1. The SMILES string of the molecule is O=C(C[C@@H]1CSc2cc(Br)cc3[nH]c(=O)c(=O)n1c23)Nc1ccccc1. The molecule has 26 heavy (non-hydrogen) atoms. The minimum Gasteiger partial charge on any atom is -0.326 e. The number of carbonyl (C=O) groups excluding carboxylic acids is 1. The zero-order valence-corrected chi connectivity index (χ0v) is 15.9. The van der Waals surface area contributed by atoms with Crippen LogP contribution in [0.3, 0.4) is 0 Å². The van der Waals surface area contributed by atoms with E-state index in [1.165, 1.54) is 4.57 Å². The second-order valence-corrected chi connectivity index (χ2v) is 7.99.